The molecular weight excluding hydrogens is 287 g/mol. The fourth-order valence-corrected chi connectivity index (χ4v) is 3.75. The fraction of sp³-hybridized carbons (Fsp3) is 0.583. The Balaban J connectivity index is 1.72. The van der Waals surface area contributed by atoms with Crippen LogP contribution in [0.5, 0.6) is 0 Å². The van der Waals surface area contributed by atoms with Gasteiger partial charge in [-0.3, -0.25) is 0 Å². The molecule has 7 heteroatoms. The molecule has 100 valence electrons. The van der Waals surface area contributed by atoms with Crippen molar-refractivity contribution in [1.29, 1.82) is 0 Å². The highest BCUT2D eigenvalue weighted by Gasteiger charge is 2.47. The van der Waals surface area contributed by atoms with E-state index in [2.05, 4.69) is 19.5 Å². The molecular formula is C12H12Cl2N4O. The highest BCUT2D eigenvalue weighted by Crippen LogP contribution is 2.46. The smallest absolute Gasteiger partial charge is 0.165 e. The molecule has 5 nitrogen and oxygen atoms in total. The Bertz CT molecular complexity index is 631. The molecule has 2 aromatic rings. The number of hydrogen-bond donors (Lipinski definition) is 0. The van der Waals surface area contributed by atoms with Gasteiger partial charge >= 0.3 is 0 Å². The lowest BCUT2D eigenvalue weighted by Gasteiger charge is -2.24. The molecule has 2 bridgehead atoms. The van der Waals surface area contributed by atoms with Crippen molar-refractivity contribution in [2.75, 3.05) is 5.88 Å². The number of nitrogens with zero attached hydrogens (tertiary/aromatic N) is 4. The Morgan fingerprint density at radius 1 is 1.26 bits per heavy atom. The third kappa shape index (κ3) is 1.68. The van der Waals surface area contributed by atoms with Crippen molar-refractivity contribution >= 4 is 34.4 Å². The third-order valence-corrected chi connectivity index (χ3v) is 4.86. The van der Waals surface area contributed by atoms with Crippen molar-refractivity contribution in [3.8, 4) is 0 Å². The molecule has 0 aromatic carbocycles. The second-order valence-electron chi connectivity index (χ2n) is 5.15. The lowest BCUT2D eigenvalue weighted by Crippen LogP contribution is -2.26. The number of fused-ring (bicyclic) bond motifs is 3. The Hall–Kier alpha value is -0.910. The summed E-state index contributed by atoms with van der Waals surface area (Å²) in [6.45, 7) is 0. The average Bonchev–Trinajstić information content (AvgIpc) is 3.11. The maximum Gasteiger partial charge on any atom is 0.165 e. The zero-order valence-corrected chi connectivity index (χ0v) is 11.6. The molecule has 0 amide bonds. The number of imidazole rings is 1. The Morgan fingerprint density at radius 2 is 2.16 bits per heavy atom. The molecule has 4 heterocycles. The molecule has 4 rings (SSSR count). The molecule has 19 heavy (non-hydrogen) atoms. The predicted octanol–water partition coefficient (Wildman–Crippen LogP) is 2.44. The van der Waals surface area contributed by atoms with Crippen LogP contribution in [-0.4, -0.2) is 37.6 Å². The quantitative estimate of drug-likeness (QED) is 0.631. The molecule has 0 unspecified atom stereocenters. The first kappa shape index (κ1) is 11.9. The summed E-state index contributed by atoms with van der Waals surface area (Å²) in [4.78, 5) is 12.6. The second-order valence-corrected chi connectivity index (χ2v) is 5.82. The second kappa shape index (κ2) is 4.30. The molecule has 0 spiro atoms. The van der Waals surface area contributed by atoms with Crippen molar-refractivity contribution in [1.82, 2.24) is 19.5 Å². The Kier molecular flexibility index (Phi) is 2.69. The van der Waals surface area contributed by atoms with E-state index < -0.39 is 0 Å². The largest absolute Gasteiger partial charge is 0.372 e. The first-order chi connectivity index (χ1) is 9.28. The number of ether oxygens (including phenoxy) is 1. The summed E-state index contributed by atoms with van der Waals surface area (Å²) in [6, 6.07) is 0.278. The van der Waals surface area contributed by atoms with Crippen LogP contribution >= 0.6 is 23.2 Å². The molecule has 2 saturated heterocycles. The van der Waals surface area contributed by atoms with Crippen LogP contribution in [-0.2, 0) is 4.74 Å². The van der Waals surface area contributed by atoms with Gasteiger partial charge < -0.3 is 9.30 Å². The number of alkyl halides is 1. The van der Waals surface area contributed by atoms with E-state index in [9.17, 15) is 0 Å². The van der Waals surface area contributed by atoms with Gasteiger partial charge in [-0.1, -0.05) is 11.6 Å². The van der Waals surface area contributed by atoms with Crippen LogP contribution in [0, 0.1) is 5.92 Å². The summed E-state index contributed by atoms with van der Waals surface area (Å²) in [6.07, 6.45) is 5.71. The van der Waals surface area contributed by atoms with Crippen LogP contribution in [0.3, 0.4) is 0 Å². The average molecular weight is 299 g/mol. The van der Waals surface area contributed by atoms with Gasteiger partial charge in [-0.25, -0.2) is 15.0 Å². The highest BCUT2D eigenvalue weighted by molar-refractivity contribution is 6.33. The summed E-state index contributed by atoms with van der Waals surface area (Å²) < 4.78 is 8.05. The molecule has 0 saturated carbocycles. The number of halogens is 2. The maximum atomic E-state index is 6.03. The van der Waals surface area contributed by atoms with Gasteiger partial charge in [0, 0.05) is 11.8 Å². The SMILES string of the molecule is ClC[C@H]1C[C@H]2O[C@@H]1C[C@@H]2n1cnc2c(Cl)ncnc21. The topological polar surface area (TPSA) is 52.8 Å². The van der Waals surface area contributed by atoms with Gasteiger partial charge in [-0.05, 0) is 12.8 Å². The van der Waals surface area contributed by atoms with Crippen LogP contribution < -0.4 is 0 Å². The lowest BCUT2D eigenvalue weighted by atomic mass is 9.87. The van der Waals surface area contributed by atoms with Crippen molar-refractivity contribution < 1.29 is 4.74 Å². The van der Waals surface area contributed by atoms with Gasteiger partial charge in [-0.15, -0.1) is 11.6 Å². The van der Waals surface area contributed by atoms with Crippen molar-refractivity contribution in [2.24, 2.45) is 5.92 Å². The van der Waals surface area contributed by atoms with Crippen LogP contribution in [0.25, 0.3) is 11.2 Å². The minimum absolute atomic E-state index is 0.208. The van der Waals surface area contributed by atoms with Gasteiger partial charge in [0.2, 0.25) is 0 Å². The standard InChI is InChI=1S/C12H12Cl2N4O/c13-3-6-1-9-7(2-8(6)19-9)18-5-17-10-11(14)15-4-16-12(10)18/h4-9H,1-3H2/t6-,7+,8-,9-/m1/s1. The first-order valence-corrected chi connectivity index (χ1v) is 7.23. The van der Waals surface area contributed by atoms with E-state index in [-0.39, 0.29) is 18.2 Å². The number of rotatable bonds is 2. The summed E-state index contributed by atoms with van der Waals surface area (Å²) in [5, 5.41) is 0.395. The molecule has 0 aliphatic carbocycles. The fourth-order valence-electron chi connectivity index (χ4n) is 3.25. The van der Waals surface area contributed by atoms with Gasteiger partial charge in [-0.2, -0.15) is 0 Å². The monoisotopic (exact) mass is 298 g/mol. The van der Waals surface area contributed by atoms with E-state index in [0.717, 1.165) is 18.5 Å². The molecule has 2 aliphatic rings. The van der Waals surface area contributed by atoms with Crippen LogP contribution in [0.2, 0.25) is 5.15 Å². The van der Waals surface area contributed by atoms with Gasteiger partial charge in [0.1, 0.15) is 11.8 Å². The summed E-state index contributed by atoms with van der Waals surface area (Å²) in [5.74, 6) is 1.16. The van der Waals surface area contributed by atoms with Crippen LogP contribution in [0.4, 0.5) is 0 Å². The highest BCUT2D eigenvalue weighted by atomic mass is 35.5. The summed E-state index contributed by atoms with van der Waals surface area (Å²) >= 11 is 12.0. The molecule has 2 aromatic heterocycles. The lowest BCUT2D eigenvalue weighted by molar-refractivity contribution is 0.0875. The Labute approximate surface area is 119 Å². The predicted molar refractivity (Wildman–Crippen MR) is 71.5 cm³/mol. The van der Waals surface area contributed by atoms with E-state index in [1.54, 1.807) is 6.33 Å². The van der Waals surface area contributed by atoms with Crippen LogP contribution in [0.1, 0.15) is 18.9 Å². The number of aromatic nitrogens is 4. The normalized spacial score (nSPS) is 33.4. The minimum atomic E-state index is 0.208. The summed E-state index contributed by atoms with van der Waals surface area (Å²) in [7, 11) is 0. The van der Waals surface area contributed by atoms with E-state index in [1.807, 2.05) is 0 Å². The van der Waals surface area contributed by atoms with Crippen LogP contribution in [0.15, 0.2) is 12.7 Å². The van der Waals surface area contributed by atoms with E-state index in [4.69, 9.17) is 27.9 Å². The van der Waals surface area contributed by atoms with E-state index in [0.29, 0.717) is 22.5 Å². The third-order valence-electron chi connectivity index (χ3n) is 4.18. The minimum Gasteiger partial charge on any atom is -0.372 e. The number of hydrogen-bond acceptors (Lipinski definition) is 4. The van der Waals surface area contributed by atoms with Gasteiger partial charge in [0.25, 0.3) is 0 Å². The van der Waals surface area contributed by atoms with E-state index in [1.165, 1.54) is 6.33 Å². The molecule has 2 fully saturated rings. The molecule has 0 N–H and O–H groups in total. The summed E-state index contributed by atoms with van der Waals surface area (Å²) in [5.41, 5.74) is 1.43. The van der Waals surface area contributed by atoms with Crippen molar-refractivity contribution in [2.45, 2.75) is 31.1 Å². The maximum absolute atomic E-state index is 6.03. The Morgan fingerprint density at radius 3 is 2.89 bits per heavy atom. The van der Waals surface area contributed by atoms with Crippen molar-refractivity contribution in [3.63, 3.8) is 0 Å². The van der Waals surface area contributed by atoms with Gasteiger partial charge in [0.05, 0.1) is 24.6 Å². The van der Waals surface area contributed by atoms with Crippen molar-refractivity contribution in [3.05, 3.63) is 17.8 Å². The molecule has 0 radical (unpaired) electrons. The first-order valence-electron chi connectivity index (χ1n) is 6.32. The van der Waals surface area contributed by atoms with Gasteiger partial charge in [0.15, 0.2) is 10.8 Å². The molecule has 2 aliphatic heterocycles. The van der Waals surface area contributed by atoms with E-state index >= 15 is 0 Å². The zero-order chi connectivity index (χ0) is 13.0. The zero-order valence-electron chi connectivity index (χ0n) is 10.0. The molecule has 4 atom stereocenters.